The second-order valence-corrected chi connectivity index (χ2v) is 8.59. The highest BCUT2D eigenvalue weighted by Gasteiger charge is 2.34. The van der Waals surface area contributed by atoms with E-state index >= 15 is 0 Å². The van der Waals surface area contributed by atoms with Crippen molar-refractivity contribution in [1.29, 1.82) is 0 Å². The molecular weight excluding hydrogens is 364 g/mol. The molecule has 1 aromatic rings. The fourth-order valence-corrected chi connectivity index (χ4v) is 4.50. The number of carbonyl (C=O) groups excluding carboxylic acids is 1. The molecule has 0 unspecified atom stereocenters. The molecule has 0 aliphatic carbocycles. The number of rotatable bonds is 5. The van der Waals surface area contributed by atoms with Crippen LogP contribution >= 0.6 is 11.6 Å². The molecule has 1 atom stereocenters. The maximum atomic E-state index is 12.9. The molecule has 1 heterocycles. The zero-order valence-corrected chi connectivity index (χ0v) is 16.4. The van der Waals surface area contributed by atoms with Gasteiger partial charge in [0.05, 0.1) is 19.1 Å². The van der Waals surface area contributed by atoms with Gasteiger partial charge >= 0.3 is 0 Å². The van der Waals surface area contributed by atoms with Crippen molar-refractivity contribution in [2.24, 2.45) is 0 Å². The van der Waals surface area contributed by atoms with Crippen molar-refractivity contribution in [3.63, 3.8) is 0 Å². The summed E-state index contributed by atoms with van der Waals surface area (Å²) in [5.41, 5.74) is 0.271. The van der Waals surface area contributed by atoms with E-state index in [1.165, 1.54) is 13.2 Å². The Balaban J connectivity index is 2.41. The van der Waals surface area contributed by atoms with Gasteiger partial charge in [0.1, 0.15) is 11.8 Å². The predicted octanol–water partition coefficient (Wildman–Crippen LogP) is 2.91. The first-order chi connectivity index (χ1) is 11.8. The van der Waals surface area contributed by atoms with Gasteiger partial charge in [-0.1, -0.05) is 24.4 Å². The molecule has 1 aliphatic rings. The molecule has 25 heavy (non-hydrogen) atoms. The number of amides is 1. The molecule has 0 radical (unpaired) electrons. The van der Waals surface area contributed by atoms with Crippen LogP contribution in [0.1, 0.15) is 32.6 Å². The summed E-state index contributed by atoms with van der Waals surface area (Å²) in [7, 11) is -2.26. The Morgan fingerprint density at radius 3 is 2.36 bits per heavy atom. The Bertz CT molecular complexity index is 715. The minimum absolute atomic E-state index is 0.200. The van der Waals surface area contributed by atoms with E-state index < -0.39 is 16.1 Å². The van der Waals surface area contributed by atoms with Crippen LogP contribution in [0, 0.1) is 0 Å². The first kappa shape index (κ1) is 19.8. The number of ether oxygens (including phenoxy) is 1. The maximum Gasteiger partial charge on any atom is 0.246 e. The van der Waals surface area contributed by atoms with E-state index in [2.05, 4.69) is 0 Å². The first-order valence-corrected chi connectivity index (χ1v) is 10.6. The lowest BCUT2D eigenvalue weighted by molar-refractivity contribution is -0.131. The number of methoxy groups -OCH3 is 1. The van der Waals surface area contributed by atoms with Crippen LogP contribution in [0.2, 0.25) is 5.02 Å². The second-order valence-electron chi connectivity index (χ2n) is 6.29. The smallest absolute Gasteiger partial charge is 0.246 e. The van der Waals surface area contributed by atoms with Gasteiger partial charge in [0.15, 0.2) is 0 Å². The Labute approximate surface area is 154 Å². The lowest BCUT2D eigenvalue weighted by Gasteiger charge is -2.33. The molecule has 8 heteroatoms. The summed E-state index contributed by atoms with van der Waals surface area (Å²) in [6.07, 6.45) is 5.15. The summed E-state index contributed by atoms with van der Waals surface area (Å²) < 4.78 is 31.3. The number of benzene rings is 1. The van der Waals surface area contributed by atoms with Crippen LogP contribution in [-0.2, 0) is 14.8 Å². The molecule has 1 amide bonds. The topological polar surface area (TPSA) is 66.9 Å². The van der Waals surface area contributed by atoms with Gasteiger partial charge in [-0.15, -0.1) is 0 Å². The predicted molar refractivity (Wildman–Crippen MR) is 99.8 cm³/mol. The summed E-state index contributed by atoms with van der Waals surface area (Å²) in [4.78, 5) is 14.7. The van der Waals surface area contributed by atoms with Gasteiger partial charge in [-0.25, -0.2) is 8.42 Å². The Morgan fingerprint density at radius 1 is 1.24 bits per heavy atom. The summed E-state index contributed by atoms with van der Waals surface area (Å²) in [5.74, 6) is 0.152. The molecule has 6 nitrogen and oxygen atoms in total. The van der Waals surface area contributed by atoms with Gasteiger partial charge in [0.2, 0.25) is 15.9 Å². The third-order valence-corrected chi connectivity index (χ3v) is 5.83. The van der Waals surface area contributed by atoms with E-state index in [0.29, 0.717) is 23.9 Å². The molecule has 140 valence electrons. The minimum atomic E-state index is -3.71. The SMILES string of the molecule is COc1ccc(Cl)cc1N([C@@H](C)C(=O)N1CCCCCC1)S(C)(=O)=O. The second kappa shape index (κ2) is 8.27. The molecule has 0 bridgehead atoms. The van der Waals surface area contributed by atoms with Crippen LogP contribution < -0.4 is 9.04 Å². The van der Waals surface area contributed by atoms with Crippen molar-refractivity contribution in [3.05, 3.63) is 23.2 Å². The van der Waals surface area contributed by atoms with Crippen LogP contribution in [0.5, 0.6) is 5.75 Å². The Morgan fingerprint density at radius 2 is 1.84 bits per heavy atom. The summed E-state index contributed by atoms with van der Waals surface area (Å²) in [5, 5.41) is 0.374. The molecule has 0 spiro atoms. The van der Waals surface area contributed by atoms with Crippen LogP contribution in [0.3, 0.4) is 0 Å². The third-order valence-electron chi connectivity index (χ3n) is 4.36. The zero-order valence-electron chi connectivity index (χ0n) is 14.9. The molecule has 0 aromatic heterocycles. The number of hydrogen-bond acceptors (Lipinski definition) is 4. The maximum absolute atomic E-state index is 12.9. The normalized spacial score (nSPS) is 16.9. The summed E-state index contributed by atoms with van der Waals surface area (Å²) in [6.45, 7) is 2.93. The molecule has 1 aromatic carbocycles. The number of nitrogens with zero attached hydrogens (tertiary/aromatic N) is 2. The van der Waals surface area contributed by atoms with Crippen molar-refractivity contribution in [1.82, 2.24) is 4.90 Å². The average molecular weight is 389 g/mol. The van der Waals surface area contributed by atoms with Gasteiger partial charge in [0, 0.05) is 18.1 Å². The lowest BCUT2D eigenvalue weighted by atomic mass is 10.2. The summed E-state index contributed by atoms with van der Waals surface area (Å²) >= 11 is 6.05. The largest absolute Gasteiger partial charge is 0.495 e. The third kappa shape index (κ3) is 4.79. The number of carbonyl (C=O) groups is 1. The Hall–Kier alpha value is -1.47. The molecule has 0 saturated carbocycles. The number of likely N-dealkylation sites (tertiary alicyclic amines) is 1. The fraction of sp³-hybridized carbons (Fsp3) is 0.588. The molecule has 1 saturated heterocycles. The number of sulfonamides is 1. The average Bonchev–Trinajstić information content (AvgIpc) is 2.82. The molecular formula is C17H25ClN2O4S. The lowest BCUT2D eigenvalue weighted by Crippen LogP contribution is -2.49. The zero-order chi connectivity index (χ0) is 18.6. The molecule has 2 rings (SSSR count). The highest BCUT2D eigenvalue weighted by Crippen LogP contribution is 2.34. The van der Waals surface area contributed by atoms with Crippen LogP contribution in [0.15, 0.2) is 18.2 Å². The van der Waals surface area contributed by atoms with E-state index in [4.69, 9.17) is 16.3 Å². The van der Waals surface area contributed by atoms with Gasteiger partial charge in [-0.2, -0.15) is 0 Å². The van der Waals surface area contributed by atoms with E-state index in [1.807, 2.05) is 0 Å². The van der Waals surface area contributed by atoms with Crippen molar-refractivity contribution in [2.75, 3.05) is 30.8 Å². The van der Waals surface area contributed by atoms with Crippen LogP contribution in [0.4, 0.5) is 5.69 Å². The van der Waals surface area contributed by atoms with E-state index in [-0.39, 0.29) is 11.6 Å². The van der Waals surface area contributed by atoms with Crippen LogP contribution in [0.25, 0.3) is 0 Å². The van der Waals surface area contributed by atoms with Gasteiger partial charge in [-0.05, 0) is 38.0 Å². The fourth-order valence-electron chi connectivity index (χ4n) is 3.17. The molecule has 1 aliphatic heterocycles. The van der Waals surface area contributed by atoms with E-state index in [1.54, 1.807) is 24.0 Å². The molecule has 0 N–H and O–H groups in total. The molecule has 1 fully saturated rings. The first-order valence-electron chi connectivity index (χ1n) is 8.37. The minimum Gasteiger partial charge on any atom is -0.495 e. The highest BCUT2D eigenvalue weighted by atomic mass is 35.5. The number of anilines is 1. The van der Waals surface area contributed by atoms with Crippen molar-refractivity contribution in [2.45, 2.75) is 38.6 Å². The van der Waals surface area contributed by atoms with E-state index in [9.17, 15) is 13.2 Å². The van der Waals surface area contributed by atoms with Gasteiger partial charge in [-0.3, -0.25) is 9.10 Å². The quantitative estimate of drug-likeness (QED) is 0.777. The Kier molecular flexibility index (Phi) is 6.57. The number of halogens is 1. The monoisotopic (exact) mass is 388 g/mol. The van der Waals surface area contributed by atoms with Crippen molar-refractivity contribution in [3.8, 4) is 5.75 Å². The summed E-state index contributed by atoms with van der Waals surface area (Å²) in [6, 6.07) is 3.85. The standard InChI is InChI=1S/C17H25ClN2O4S/c1-13(17(21)19-10-6-4-5-7-11-19)20(25(3,22)23)15-12-14(18)8-9-16(15)24-2/h8-9,12-13H,4-7,10-11H2,1-3H3/t13-/m0/s1. The highest BCUT2D eigenvalue weighted by molar-refractivity contribution is 7.92. The number of hydrogen-bond donors (Lipinski definition) is 0. The van der Waals surface area contributed by atoms with Crippen molar-refractivity contribution >= 4 is 33.2 Å². The van der Waals surface area contributed by atoms with Gasteiger partial charge < -0.3 is 9.64 Å². The van der Waals surface area contributed by atoms with Crippen molar-refractivity contribution < 1.29 is 17.9 Å². The van der Waals surface area contributed by atoms with E-state index in [0.717, 1.165) is 36.2 Å². The van der Waals surface area contributed by atoms with Gasteiger partial charge in [0.25, 0.3) is 0 Å². The van der Waals surface area contributed by atoms with Crippen LogP contribution in [-0.4, -0.2) is 51.7 Å².